The summed E-state index contributed by atoms with van der Waals surface area (Å²) in [5.74, 6) is 1.20. The van der Waals surface area contributed by atoms with Crippen LogP contribution in [0.2, 0.25) is 0 Å². The van der Waals surface area contributed by atoms with E-state index < -0.39 is 0 Å². The first-order valence-electron chi connectivity index (χ1n) is 13.3. The Hall–Kier alpha value is -3.81. The van der Waals surface area contributed by atoms with Crippen LogP contribution >= 0.6 is 0 Å². The molecule has 4 heterocycles. The molecule has 190 valence electrons. The number of benzene rings is 1. The van der Waals surface area contributed by atoms with Gasteiger partial charge in [0.15, 0.2) is 11.5 Å². The molecule has 3 aromatic heterocycles. The lowest BCUT2D eigenvalue weighted by molar-refractivity contribution is 0.233. The van der Waals surface area contributed by atoms with Crippen molar-refractivity contribution in [1.29, 1.82) is 0 Å². The van der Waals surface area contributed by atoms with Gasteiger partial charge in [0.1, 0.15) is 11.3 Å². The zero-order valence-corrected chi connectivity index (χ0v) is 21.7. The van der Waals surface area contributed by atoms with Crippen LogP contribution in [0.1, 0.15) is 37.9 Å². The molecule has 1 fully saturated rings. The zero-order valence-electron chi connectivity index (χ0n) is 21.7. The summed E-state index contributed by atoms with van der Waals surface area (Å²) in [6.45, 7) is 9.21. The van der Waals surface area contributed by atoms with E-state index in [1.165, 1.54) is 5.56 Å². The maximum absolute atomic E-state index is 6.28. The Morgan fingerprint density at radius 1 is 0.946 bits per heavy atom. The zero-order chi connectivity index (χ0) is 25.6. The Bertz CT molecular complexity index is 1410. The summed E-state index contributed by atoms with van der Waals surface area (Å²) in [5, 5.41) is 3.42. The number of fused-ring (bicyclic) bond motifs is 1. The van der Waals surface area contributed by atoms with Crippen LogP contribution in [-0.4, -0.2) is 50.6 Å². The number of pyridine rings is 2. The smallest absolute Gasteiger partial charge is 0.165 e. The molecule has 1 aromatic carbocycles. The quantitative estimate of drug-likeness (QED) is 0.396. The van der Waals surface area contributed by atoms with Crippen LogP contribution in [0.3, 0.4) is 0 Å². The number of aromatic nitrogens is 4. The molecule has 0 unspecified atom stereocenters. The molecule has 0 saturated carbocycles. The van der Waals surface area contributed by atoms with Crippen molar-refractivity contribution in [2.75, 3.05) is 31.9 Å². The molecule has 4 aromatic rings. The van der Waals surface area contributed by atoms with Gasteiger partial charge in [0.05, 0.1) is 11.3 Å². The number of allylic oxidation sites excluding steroid dienone is 4. The number of piperazine rings is 1. The largest absolute Gasteiger partial charge is 0.383 e. The highest BCUT2D eigenvalue weighted by atomic mass is 15.2. The average molecular weight is 494 g/mol. The van der Waals surface area contributed by atoms with Crippen molar-refractivity contribution in [3.8, 4) is 17.1 Å². The van der Waals surface area contributed by atoms with Gasteiger partial charge in [0.2, 0.25) is 0 Å². The number of hydrogen-bond acceptors (Lipinski definition) is 6. The van der Waals surface area contributed by atoms with Crippen LogP contribution in [0.25, 0.3) is 33.8 Å². The van der Waals surface area contributed by atoms with E-state index in [0.29, 0.717) is 5.82 Å². The van der Waals surface area contributed by atoms with Crippen molar-refractivity contribution in [2.24, 2.45) is 0 Å². The van der Waals surface area contributed by atoms with Crippen molar-refractivity contribution < 1.29 is 0 Å². The predicted octanol–water partition coefficient (Wildman–Crippen LogP) is 5.23. The third-order valence-electron chi connectivity index (χ3n) is 6.69. The third-order valence-corrected chi connectivity index (χ3v) is 6.69. The van der Waals surface area contributed by atoms with Crippen molar-refractivity contribution in [3.05, 3.63) is 84.2 Å². The van der Waals surface area contributed by atoms with E-state index in [0.717, 1.165) is 85.1 Å². The lowest BCUT2D eigenvalue weighted by Gasteiger charge is -2.27. The van der Waals surface area contributed by atoms with E-state index in [-0.39, 0.29) is 0 Å². The SMILES string of the molecule is CC.Nc1ncccc1-c1nc2ccc(C3=CCCC=C3)nc2n1-c1ccc(CN2CCNCC2)cc1. The predicted molar refractivity (Wildman–Crippen MR) is 152 cm³/mol. The fourth-order valence-corrected chi connectivity index (χ4v) is 4.83. The molecule has 0 radical (unpaired) electrons. The minimum absolute atomic E-state index is 0.456. The molecule has 3 N–H and O–H groups in total. The molecule has 0 amide bonds. The van der Waals surface area contributed by atoms with Crippen molar-refractivity contribution >= 4 is 22.6 Å². The summed E-state index contributed by atoms with van der Waals surface area (Å²) in [5.41, 5.74) is 13.1. The van der Waals surface area contributed by atoms with E-state index in [4.69, 9.17) is 15.7 Å². The van der Waals surface area contributed by atoms with Crippen molar-refractivity contribution in [2.45, 2.75) is 33.2 Å². The van der Waals surface area contributed by atoms with E-state index in [9.17, 15) is 0 Å². The monoisotopic (exact) mass is 493 g/mol. The van der Waals surface area contributed by atoms with E-state index in [1.54, 1.807) is 6.20 Å². The molecule has 1 aliphatic carbocycles. The van der Waals surface area contributed by atoms with Gasteiger partial charge in [0, 0.05) is 44.6 Å². The van der Waals surface area contributed by atoms with Gasteiger partial charge in [-0.3, -0.25) is 9.47 Å². The molecule has 7 nitrogen and oxygen atoms in total. The fourth-order valence-electron chi connectivity index (χ4n) is 4.83. The van der Waals surface area contributed by atoms with Crippen LogP contribution in [0.4, 0.5) is 5.82 Å². The number of nitrogens with one attached hydrogen (secondary N) is 1. The summed E-state index contributed by atoms with van der Waals surface area (Å²) < 4.78 is 2.11. The van der Waals surface area contributed by atoms with Gasteiger partial charge in [-0.05, 0) is 60.4 Å². The number of anilines is 1. The van der Waals surface area contributed by atoms with E-state index >= 15 is 0 Å². The number of nitrogens with two attached hydrogens (primary N) is 1. The topological polar surface area (TPSA) is 84.9 Å². The number of imidazole rings is 1. The third kappa shape index (κ3) is 5.33. The van der Waals surface area contributed by atoms with Crippen LogP contribution in [-0.2, 0) is 6.54 Å². The molecule has 6 rings (SSSR count). The standard InChI is InChI=1S/C28H29N7.C2H6/c29-26-23(7-4-14-31-26)27-33-25-13-12-24(21-5-2-1-3-6-21)32-28(25)35(27)22-10-8-20(9-11-22)19-34-17-15-30-16-18-34;1-2/h2,4-14,30H,1,3,15-19H2,(H2,29,31);1-2H3. The number of nitrogen functional groups attached to an aromatic ring is 1. The Kier molecular flexibility index (Phi) is 7.73. The summed E-state index contributed by atoms with van der Waals surface area (Å²) in [6, 6.07) is 16.7. The molecule has 7 heteroatoms. The first-order chi connectivity index (χ1) is 18.3. The van der Waals surface area contributed by atoms with Crippen LogP contribution in [0.5, 0.6) is 0 Å². The van der Waals surface area contributed by atoms with Crippen LogP contribution in [0.15, 0.2) is 73.0 Å². The maximum Gasteiger partial charge on any atom is 0.165 e. The minimum atomic E-state index is 0.456. The molecule has 37 heavy (non-hydrogen) atoms. The highest BCUT2D eigenvalue weighted by Gasteiger charge is 2.19. The van der Waals surface area contributed by atoms with Gasteiger partial charge in [0.25, 0.3) is 0 Å². The highest BCUT2D eigenvalue weighted by Crippen LogP contribution is 2.31. The molecule has 2 aliphatic rings. The van der Waals surface area contributed by atoms with E-state index in [1.807, 2.05) is 38.1 Å². The summed E-state index contributed by atoms with van der Waals surface area (Å²) in [6.07, 6.45) is 10.4. The van der Waals surface area contributed by atoms with Gasteiger partial charge >= 0.3 is 0 Å². The Balaban J connectivity index is 0.00000137. The first kappa shape index (κ1) is 24.9. The van der Waals surface area contributed by atoms with Gasteiger partial charge in [-0.15, -0.1) is 0 Å². The molecular formula is C30H35N7. The molecule has 0 bridgehead atoms. The average Bonchev–Trinajstić information content (AvgIpc) is 3.34. The number of nitrogens with zero attached hydrogens (tertiary/aromatic N) is 5. The summed E-state index contributed by atoms with van der Waals surface area (Å²) in [4.78, 5) is 16.8. The normalized spacial score (nSPS) is 15.8. The van der Waals surface area contributed by atoms with Gasteiger partial charge in [-0.2, -0.15) is 0 Å². The molecule has 1 saturated heterocycles. The Morgan fingerprint density at radius 2 is 1.76 bits per heavy atom. The van der Waals surface area contributed by atoms with Gasteiger partial charge in [-0.25, -0.2) is 15.0 Å². The second-order valence-corrected chi connectivity index (χ2v) is 9.08. The van der Waals surface area contributed by atoms with Crippen LogP contribution < -0.4 is 11.1 Å². The Labute approximate surface area is 218 Å². The molecule has 0 atom stereocenters. The Morgan fingerprint density at radius 3 is 2.49 bits per heavy atom. The number of rotatable bonds is 5. The molecule has 0 spiro atoms. The molecular weight excluding hydrogens is 458 g/mol. The van der Waals surface area contributed by atoms with Crippen molar-refractivity contribution in [3.63, 3.8) is 0 Å². The van der Waals surface area contributed by atoms with Gasteiger partial charge < -0.3 is 11.1 Å². The lowest BCUT2D eigenvalue weighted by Crippen LogP contribution is -2.42. The van der Waals surface area contributed by atoms with Gasteiger partial charge in [-0.1, -0.05) is 44.2 Å². The fraction of sp³-hybridized carbons (Fsp3) is 0.300. The lowest BCUT2D eigenvalue weighted by atomic mass is 10.0. The summed E-state index contributed by atoms with van der Waals surface area (Å²) in [7, 11) is 0. The number of hydrogen-bond donors (Lipinski definition) is 2. The van der Waals surface area contributed by atoms with Crippen molar-refractivity contribution in [1.82, 2.24) is 29.7 Å². The molecule has 1 aliphatic heterocycles. The highest BCUT2D eigenvalue weighted by molar-refractivity contribution is 5.85. The van der Waals surface area contributed by atoms with E-state index in [2.05, 4.69) is 62.3 Å². The summed E-state index contributed by atoms with van der Waals surface area (Å²) >= 11 is 0. The first-order valence-corrected chi connectivity index (χ1v) is 13.3. The van der Waals surface area contributed by atoms with Crippen LogP contribution in [0, 0.1) is 0 Å². The maximum atomic E-state index is 6.28. The second kappa shape index (κ2) is 11.5. The minimum Gasteiger partial charge on any atom is -0.383 e. The second-order valence-electron chi connectivity index (χ2n) is 9.08.